The summed E-state index contributed by atoms with van der Waals surface area (Å²) in [7, 11) is 0. The summed E-state index contributed by atoms with van der Waals surface area (Å²) in [5.41, 5.74) is 0. The molecular formula is C28H54O14. The lowest BCUT2D eigenvalue weighted by Crippen LogP contribution is -2.15. The Bertz CT molecular complexity index is 493. The molecule has 2 unspecified atom stereocenters. The van der Waals surface area contributed by atoms with Gasteiger partial charge in [-0.05, 0) is 0 Å². The van der Waals surface area contributed by atoms with E-state index in [1.165, 1.54) is 0 Å². The van der Waals surface area contributed by atoms with Crippen molar-refractivity contribution in [3.63, 3.8) is 0 Å². The van der Waals surface area contributed by atoms with E-state index in [2.05, 4.69) is 0 Å². The predicted molar refractivity (Wildman–Crippen MR) is 149 cm³/mol. The quantitative estimate of drug-likeness (QED) is 0.0685. The first kappa shape index (κ1) is 37.6. The van der Waals surface area contributed by atoms with Crippen molar-refractivity contribution in [3.05, 3.63) is 0 Å². The molecule has 2 aliphatic rings. The first-order valence-electron chi connectivity index (χ1n) is 15.1. The average Bonchev–Trinajstić information content (AvgIpc) is 3.93. The van der Waals surface area contributed by atoms with E-state index in [0.717, 1.165) is 13.2 Å². The molecule has 0 aromatic rings. The maximum absolute atomic E-state index is 5.47. The van der Waals surface area contributed by atoms with Crippen molar-refractivity contribution >= 4 is 0 Å². The Kier molecular flexibility index (Phi) is 27.3. The molecule has 14 heteroatoms. The van der Waals surface area contributed by atoms with Crippen LogP contribution in [0.25, 0.3) is 0 Å². The topological polar surface area (TPSA) is 136 Å². The highest BCUT2D eigenvalue weighted by Gasteiger charge is 2.22. The summed E-state index contributed by atoms with van der Waals surface area (Å²) in [5.74, 6) is 0. The Hall–Kier alpha value is -0.560. The fourth-order valence-electron chi connectivity index (χ4n) is 3.08. The summed E-state index contributed by atoms with van der Waals surface area (Å²) in [4.78, 5) is 0. The van der Waals surface area contributed by atoms with Crippen LogP contribution in [0.2, 0.25) is 0 Å². The van der Waals surface area contributed by atoms with E-state index in [1.54, 1.807) is 0 Å². The standard InChI is InChI=1S/C28H54O14/c1(29-3-5-31-7-9-33-11-13-35-15-17-37-19-21-39-23-27-25-41-27)2-30-4-6-32-8-10-34-12-14-36-16-18-38-20-22-40-24-28-26-42-28/h27-28H,1-26H2. The van der Waals surface area contributed by atoms with Crippen molar-refractivity contribution < 1.29 is 66.3 Å². The van der Waals surface area contributed by atoms with Crippen LogP contribution >= 0.6 is 0 Å². The molecule has 2 atom stereocenters. The third-order valence-electron chi connectivity index (χ3n) is 5.50. The minimum atomic E-state index is 0.298. The van der Waals surface area contributed by atoms with Crippen molar-refractivity contribution in [2.24, 2.45) is 0 Å². The number of epoxide rings is 2. The lowest BCUT2D eigenvalue weighted by Gasteiger charge is -2.09. The molecular weight excluding hydrogens is 560 g/mol. The van der Waals surface area contributed by atoms with Crippen molar-refractivity contribution in [2.75, 3.05) is 172 Å². The van der Waals surface area contributed by atoms with Crippen LogP contribution < -0.4 is 0 Å². The number of hydrogen-bond acceptors (Lipinski definition) is 14. The van der Waals surface area contributed by atoms with Crippen molar-refractivity contribution in [2.45, 2.75) is 12.2 Å². The molecule has 0 amide bonds. The van der Waals surface area contributed by atoms with Crippen LogP contribution in [-0.2, 0) is 66.3 Å². The Morgan fingerprint density at radius 2 is 0.405 bits per heavy atom. The summed E-state index contributed by atoms with van der Waals surface area (Å²) in [6.07, 6.45) is 0.595. The van der Waals surface area contributed by atoms with Crippen molar-refractivity contribution in [1.82, 2.24) is 0 Å². The van der Waals surface area contributed by atoms with Crippen molar-refractivity contribution in [1.29, 1.82) is 0 Å². The zero-order chi connectivity index (χ0) is 29.4. The number of ether oxygens (including phenoxy) is 14. The van der Waals surface area contributed by atoms with Gasteiger partial charge >= 0.3 is 0 Å². The van der Waals surface area contributed by atoms with Gasteiger partial charge < -0.3 is 66.3 Å². The average molecular weight is 615 g/mol. The second kappa shape index (κ2) is 30.5. The van der Waals surface area contributed by atoms with E-state index in [9.17, 15) is 0 Å². The molecule has 2 fully saturated rings. The fraction of sp³-hybridized carbons (Fsp3) is 1.00. The van der Waals surface area contributed by atoms with Gasteiger partial charge in [-0.1, -0.05) is 0 Å². The summed E-state index contributed by atoms with van der Waals surface area (Å²) in [6.45, 7) is 14.7. The molecule has 0 spiro atoms. The molecule has 0 saturated carbocycles. The van der Waals surface area contributed by atoms with Gasteiger partial charge in [-0.2, -0.15) is 0 Å². The zero-order valence-corrected chi connectivity index (χ0v) is 25.3. The first-order chi connectivity index (χ1) is 20.9. The highest BCUT2D eigenvalue weighted by atomic mass is 16.6. The third-order valence-corrected chi connectivity index (χ3v) is 5.50. The van der Waals surface area contributed by atoms with E-state index in [0.29, 0.717) is 171 Å². The zero-order valence-electron chi connectivity index (χ0n) is 25.3. The summed E-state index contributed by atoms with van der Waals surface area (Å²) in [6, 6.07) is 0. The lowest BCUT2D eigenvalue weighted by atomic mass is 10.5. The van der Waals surface area contributed by atoms with E-state index >= 15 is 0 Å². The molecule has 42 heavy (non-hydrogen) atoms. The number of rotatable bonds is 37. The van der Waals surface area contributed by atoms with Crippen molar-refractivity contribution in [3.8, 4) is 0 Å². The molecule has 14 nitrogen and oxygen atoms in total. The van der Waals surface area contributed by atoms with Gasteiger partial charge in [0.1, 0.15) is 12.2 Å². The molecule has 0 bridgehead atoms. The van der Waals surface area contributed by atoms with Crippen LogP contribution in [0.15, 0.2) is 0 Å². The number of hydrogen-bond donors (Lipinski definition) is 0. The maximum Gasteiger partial charge on any atom is 0.104 e. The Morgan fingerprint density at radius 3 is 0.548 bits per heavy atom. The smallest absolute Gasteiger partial charge is 0.104 e. The van der Waals surface area contributed by atoms with Crippen LogP contribution in [-0.4, -0.2) is 184 Å². The highest BCUT2D eigenvalue weighted by molar-refractivity contribution is 4.67. The molecule has 0 N–H and O–H groups in total. The maximum atomic E-state index is 5.47. The highest BCUT2D eigenvalue weighted by Crippen LogP contribution is 2.08. The molecule has 2 heterocycles. The fourth-order valence-corrected chi connectivity index (χ4v) is 3.08. The minimum absolute atomic E-state index is 0.298. The van der Waals surface area contributed by atoms with E-state index in [4.69, 9.17) is 66.3 Å². The Labute approximate surface area is 250 Å². The van der Waals surface area contributed by atoms with Crippen LogP contribution in [0.1, 0.15) is 0 Å². The van der Waals surface area contributed by atoms with Gasteiger partial charge in [-0.25, -0.2) is 0 Å². The van der Waals surface area contributed by atoms with Gasteiger partial charge in [0.25, 0.3) is 0 Å². The predicted octanol–water partition coefficient (Wildman–Crippen LogP) is -0.0168. The summed E-state index contributed by atoms with van der Waals surface area (Å²) < 4.78 is 75.4. The van der Waals surface area contributed by atoms with E-state index < -0.39 is 0 Å². The summed E-state index contributed by atoms with van der Waals surface area (Å²) in [5, 5.41) is 0. The van der Waals surface area contributed by atoms with Crippen LogP contribution in [0, 0.1) is 0 Å². The molecule has 2 rings (SSSR count). The van der Waals surface area contributed by atoms with Gasteiger partial charge in [-0.15, -0.1) is 0 Å². The second-order valence-electron chi connectivity index (χ2n) is 9.18. The lowest BCUT2D eigenvalue weighted by molar-refractivity contribution is -0.0285. The largest absolute Gasteiger partial charge is 0.377 e. The molecule has 0 aromatic carbocycles. The molecule has 2 aliphatic heterocycles. The van der Waals surface area contributed by atoms with E-state index in [1.807, 2.05) is 0 Å². The van der Waals surface area contributed by atoms with Gasteiger partial charge in [0, 0.05) is 0 Å². The normalized spacial score (nSPS) is 17.7. The molecule has 2 saturated heterocycles. The third kappa shape index (κ3) is 29.5. The molecule has 0 aromatic heterocycles. The van der Waals surface area contributed by atoms with Gasteiger partial charge in [0.05, 0.1) is 172 Å². The van der Waals surface area contributed by atoms with Crippen LogP contribution in [0.5, 0.6) is 0 Å². The van der Waals surface area contributed by atoms with Crippen LogP contribution in [0.3, 0.4) is 0 Å². The first-order valence-corrected chi connectivity index (χ1v) is 15.1. The van der Waals surface area contributed by atoms with Gasteiger partial charge in [0.2, 0.25) is 0 Å². The Morgan fingerprint density at radius 1 is 0.262 bits per heavy atom. The van der Waals surface area contributed by atoms with Gasteiger partial charge in [0.15, 0.2) is 0 Å². The molecule has 0 aliphatic carbocycles. The van der Waals surface area contributed by atoms with Gasteiger partial charge in [-0.3, -0.25) is 0 Å². The van der Waals surface area contributed by atoms with Crippen LogP contribution in [0.4, 0.5) is 0 Å². The van der Waals surface area contributed by atoms with E-state index in [-0.39, 0.29) is 0 Å². The second-order valence-corrected chi connectivity index (χ2v) is 9.18. The minimum Gasteiger partial charge on any atom is -0.377 e. The summed E-state index contributed by atoms with van der Waals surface area (Å²) >= 11 is 0. The molecule has 250 valence electrons. The molecule has 0 radical (unpaired) electrons. The Balaban J connectivity index is 1.10. The SMILES string of the molecule is C(COCCOCCOCCOCCOCCOCC1CO1)OCCOCCOCCOCCOCCOCC1CO1. The monoisotopic (exact) mass is 614 g/mol.